The van der Waals surface area contributed by atoms with Gasteiger partial charge in [-0.05, 0) is 69.4 Å². The second kappa shape index (κ2) is 13.5. The maximum atomic E-state index is 17.7. The highest BCUT2D eigenvalue weighted by atomic mass is 19.3. The minimum Gasteiger partial charge on any atom is -0.508 e. The summed E-state index contributed by atoms with van der Waals surface area (Å²) in [6.45, 7) is 5.45. The summed E-state index contributed by atoms with van der Waals surface area (Å²) in [5.41, 5.74) is -1.31. The van der Waals surface area contributed by atoms with Gasteiger partial charge in [-0.25, -0.2) is 17.6 Å². The van der Waals surface area contributed by atoms with Gasteiger partial charge in [0.2, 0.25) is 0 Å². The molecule has 2 aromatic heterocycles. The third-order valence-corrected chi connectivity index (χ3v) is 11.2. The maximum Gasteiger partial charge on any atom is 0.319 e. The van der Waals surface area contributed by atoms with Crippen molar-refractivity contribution in [3.8, 4) is 35.2 Å². The molecule has 3 aliphatic rings. The third-order valence-electron chi connectivity index (χ3n) is 11.2. The summed E-state index contributed by atoms with van der Waals surface area (Å²) in [5, 5.41) is 17.1. The Morgan fingerprint density at radius 1 is 1.07 bits per heavy atom. The second-order valence-corrected chi connectivity index (χ2v) is 15.3. The quantitative estimate of drug-likeness (QED) is 0.0892. The molecule has 0 radical (unpaired) electrons. The van der Waals surface area contributed by atoms with Gasteiger partial charge in [0.25, 0.3) is 5.92 Å². The number of halogens is 4. The second-order valence-electron chi connectivity index (χ2n) is 15.3. The van der Waals surface area contributed by atoms with Crippen LogP contribution >= 0.6 is 0 Å². The molecule has 3 aromatic carbocycles. The highest BCUT2D eigenvalue weighted by molar-refractivity contribution is 6.18. The molecule has 10 nitrogen and oxygen atoms in total. The van der Waals surface area contributed by atoms with Gasteiger partial charge >= 0.3 is 6.01 Å². The van der Waals surface area contributed by atoms with E-state index in [1.165, 1.54) is 24.3 Å². The van der Waals surface area contributed by atoms with E-state index in [0.29, 0.717) is 35.2 Å². The number of rotatable bonds is 12. The number of hydrogen-bond donors (Lipinski definition) is 1. The van der Waals surface area contributed by atoms with Crippen LogP contribution in [0.15, 0.2) is 30.5 Å². The average molecular weight is 746 g/mol. The van der Waals surface area contributed by atoms with E-state index in [4.69, 9.17) is 26.0 Å². The van der Waals surface area contributed by atoms with Gasteiger partial charge in [0.1, 0.15) is 35.0 Å². The number of phenols is 1. The number of phenolic OH excluding ortho intramolecular Hbond substituents is 1. The van der Waals surface area contributed by atoms with Crippen molar-refractivity contribution in [3.63, 3.8) is 0 Å². The number of ether oxygens (including phenoxy) is 2. The van der Waals surface area contributed by atoms with Gasteiger partial charge in [-0.2, -0.15) is 15.1 Å². The van der Waals surface area contributed by atoms with E-state index in [-0.39, 0.29) is 76.5 Å². The molecule has 284 valence electrons. The number of piperazine rings is 1. The number of fused-ring (bicyclic) bond motifs is 6. The van der Waals surface area contributed by atoms with Crippen molar-refractivity contribution in [1.82, 2.24) is 29.5 Å². The summed E-state index contributed by atoms with van der Waals surface area (Å²) in [7, 11) is 5.17. The number of alkyl halides is 2. The lowest BCUT2D eigenvalue weighted by atomic mass is 9.91. The van der Waals surface area contributed by atoms with Crippen molar-refractivity contribution in [2.24, 2.45) is 12.5 Å². The van der Waals surface area contributed by atoms with Crippen LogP contribution in [-0.2, 0) is 11.8 Å². The average Bonchev–Trinajstić information content (AvgIpc) is 3.31. The SMILES string of the molecule is C#Cc1c(F)ccc2cc(O)cc(-c3c(F)c4nc(OC[C@]5(CN(C)C)CC5(F)F)nc(N5C6CCC5CN(CCCOCC)C6)c4c4cn(C)nc34)c12. The Kier molecular flexibility index (Phi) is 9.10. The smallest absolute Gasteiger partial charge is 0.319 e. The predicted molar refractivity (Wildman–Crippen MR) is 199 cm³/mol. The van der Waals surface area contributed by atoms with Crippen LogP contribution in [0.2, 0.25) is 0 Å². The fourth-order valence-electron chi connectivity index (χ4n) is 8.79. The lowest BCUT2D eigenvalue weighted by Crippen LogP contribution is -2.54. The summed E-state index contributed by atoms with van der Waals surface area (Å²) < 4.78 is 75.8. The molecule has 54 heavy (non-hydrogen) atoms. The summed E-state index contributed by atoms with van der Waals surface area (Å²) in [6.07, 6.45) is 9.89. The Bertz CT molecular complexity index is 2310. The van der Waals surface area contributed by atoms with Crippen LogP contribution in [0.1, 0.15) is 38.2 Å². The molecule has 3 fully saturated rings. The summed E-state index contributed by atoms with van der Waals surface area (Å²) >= 11 is 0. The van der Waals surface area contributed by atoms with Crippen LogP contribution in [0, 0.1) is 29.4 Å². The summed E-state index contributed by atoms with van der Waals surface area (Å²) in [6, 6.07) is 5.31. The van der Waals surface area contributed by atoms with Gasteiger partial charge in [-0.3, -0.25) is 9.58 Å². The molecular formula is C40H43F4N7O3. The number of nitrogens with zero attached hydrogens (tertiary/aromatic N) is 7. The lowest BCUT2D eigenvalue weighted by molar-refractivity contribution is 0.0288. The standard InChI is InChI=1S/C40H43F4N7O3/c1-6-27-30(41)12-9-23-15-26(52)16-28(31(23)27)32-34(42)36-33(29-19-49(5)47-35(29)32)37(46-38(45-36)54-22-39(21-48(3)4)20-40(39,43)44)51-24-10-11-25(51)18-50(17-24)13-8-14-53-7-2/h1,9,12,15-16,19,24-25,52H,7-8,10-11,13-14,17-18,20-22H2,2-5H3/t24?,25?,39-/m1/s1. The number of anilines is 1. The zero-order chi connectivity index (χ0) is 38.1. The largest absolute Gasteiger partial charge is 0.508 e. The minimum atomic E-state index is -2.94. The fraction of sp³-hybridized carbons (Fsp3) is 0.475. The minimum absolute atomic E-state index is 0.0419. The van der Waals surface area contributed by atoms with Crippen LogP contribution in [-0.4, -0.2) is 113 Å². The molecule has 2 bridgehead atoms. The molecule has 3 atom stereocenters. The normalized spacial score (nSPS) is 22.2. The first-order valence-corrected chi connectivity index (χ1v) is 18.4. The Balaban J connectivity index is 1.33. The molecule has 1 aliphatic carbocycles. The predicted octanol–water partition coefficient (Wildman–Crippen LogP) is 6.35. The van der Waals surface area contributed by atoms with Crippen molar-refractivity contribution in [1.29, 1.82) is 0 Å². The van der Waals surface area contributed by atoms with Crippen LogP contribution in [0.5, 0.6) is 11.8 Å². The van der Waals surface area contributed by atoms with Gasteiger partial charge < -0.3 is 24.4 Å². The van der Waals surface area contributed by atoms with Gasteiger partial charge in [-0.15, -0.1) is 6.42 Å². The van der Waals surface area contributed by atoms with E-state index in [1.54, 1.807) is 36.9 Å². The van der Waals surface area contributed by atoms with E-state index < -0.39 is 23.0 Å². The van der Waals surface area contributed by atoms with E-state index in [9.17, 15) is 13.9 Å². The number of likely N-dealkylation sites (tertiary alicyclic amines) is 1. The highest BCUT2D eigenvalue weighted by Crippen LogP contribution is 2.60. The van der Waals surface area contributed by atoms with Crippen LogP contribution in [0.3, 0.4) is 0 Å². The first-order valence-electron chi connectivity index (χ1n) is 18.4. The monoisotopic (exact) mass is 745 g/mol. The molecule has 1 N–H and O–H groups in total. The molecule has 4 heterocycles. The van der Waals surface area contributed by atoms with Gasteiger partial charge in [-0.1, -0.05) is 12.0 Å². The third kappa shape index (κ3) is 6.06. The molecule has 8 rings (SSSR count). The zero-order valence-electron chi connectivity index (χ0n) is 30.8. The van der Waals surface area contributed by atoms with Crippen molar-refractivity contribution in [2.45, 2.75) is 50.6 Å². The Morgan fingerprint density at radius 2 is 1.81 bits per heavy atom. The number of aromatic hydroxyl groups is 1. The summed E-state index contributed by atoms with van der Waals surface area (Å²) in [4.78, 5) is 15.9. The first-order chi connectivity index (χ1) is 25.8. The van der Waals surface area contributed by atoms with Gasteiger partial charge in [0.15, 0.2) is 5.82 Å². The fourth-order valence-corrected chi connectivity index (χ4v) is 8.79. The van der Waals surface area contributed by atoms with E-state index in [1.807, 2.05) is 6.92 Å². The molecule has 2 unspecified atom stereocenters. The van der Waals surface area contributed by atoms with Crippen molar-refractivity contribution >= 4 is 38.4 Å². The number of aromatic nitrogens is 4. The van der Waals surface area contributed by atoms with Gasteiger partial charge in [0.05, 0.1) is 16.4 Å². The number of benzene rings is 3. The Hall–Kier alpha value is -4.71. The lowest BCUT2D eigenvalue weighted by Gasteiger charge is -2.42. The zero-order valence-corrected chi connectivity index (χ0v) is 30.8. The Labute approximate surface area is 310 Å². The molecular weight excluding hydrogens is 702 g/mol. The molecule has 5 aromatic rings. The number of hydrogen-bond acceptors (Lipinski definition) is 9. The maximum absolute atomic E-state index is 17.7. The van der Waals surface area contributed by atoms with Crippen LogP contribution in [0.4, 0.5) is 23.4 Å². The van der Waals surface area contributed by atoms with E-state index in [0.717, 1.165) is 38.9 Å². The topological polar surface area (TPSA) is 92.0 Å². The molecule has 2 aliphatic heterocycles. The van der Waals surface area contributed by atoms with E-state index in [2.05, 4.69) is 20.7 Å². The number of aryl methyl sites for hydroxylation is 1. The van der Waals surface area contributed by atoms with Crippen LogP contribution in [0.25, 0.3) is 43.7 Å². The first kappa shape index (κ1) is 36.3. The molecule has 0 amide bonds. The van der Waals surface area contributed by atoms with Gasteiger partial charge in [0, 0.05) is 87.5 Å². The van der Waals surface area contributed by atoms with E-state index >= 15 is 8.78 Å². The van der Waals surface area contributed by atoms with Crippen molar-refractivity contribution in [3.05, 3.63) is 47.7 Å². The van der Waals surface area contributed by atoms with Crippen molar-refractivity contribution < 1.29 is 32.1 Å². The summed E-state index contributed by atoms with van der Waals surface area (Å²) in [5.74, 6) is -1.76. The Morgan fingerprint density at radius 3 is 2.48 bits per heavy atom. The molecule has 1 saturated carbocycles. The molecule has 14 heteroatoms. The molecule has 2 saturated heterocycles. The molecule has 0 spiro atoms. The highest BCUT2D eigenvalue weighted by Gasteiger charge is 2.71. The van der Waals surface area contributed by atoms with Crippen LogP contribution < -0.4 is 9.64 Å². The van der Waals surface area contributed by atoms with Crippen molar-refractivity contribution in [2.75, 3.05) is 65.0 Å². The number of terminal acetylenes is 1.